The molecule has 6 aliphatic rings. The Morgan fingerprint density at radius 1 is 0.867 bits per heavy atom. The number of aliphatic hydroxyl groups is 1. The lowest BCUT2D eigenvalue weighted by molar-refractivity contribution is -0.461. The van der Waals surface area contributed by atoms with E-state index in [0.717, 1.165) is 39.0 Å². The second kappa shape index (κ2) is 9.97. The standard InChI is InChI=1S/C36H54N2O7/c1-30(2)16-15-26-34(8)28(30)27-29(43-31(3,4)42-27)35(9)36(34,44-32(5,6)41-26)24(39)21-33(7,45-35)25(40)22-37-17-19-38(20-18-37)23-13-11-10-12-14-23/h10-14,25-29,40H,15-22H2,1-9H3/t25?,26-,27-,28?,29-,33+,34-,35+,36-/m0/s1. The average Bonchev–Trinajstić information content (AvgIpc) is 3.27. The van der Waals surface area contributed by atoms with Crippen molar-refractivity contribution in [2.75, 3.05) is 37.6 Å². The van der Waals surface area contributed by atoms with Crippen molar-refractivity contribution in [3.8, 4) is 0 Å². The Bertz CT molecular complexity index is 1330. The number of ketones is 1. The van der Waals surface area contributed by atoms with Gasteiger partial charge in [-0.25, -0.2) is 0 Å². The number of benzene rings is 1. The van der Waals surface area contributed by atoms with Gasteiger partial charge < -0.3 is 33.7 Å². The summed E-state index contributed by atoms with van der Waals surface area (Å²) in [5.74, 6) is -2.00. The first-order valence-electron chi connectivity index (χ1n) is 17.1. The fraction of sp³-hybridized carbons (Fsp3) is 0.806. The predicted octanol–water partition coefficient (Wildman–Crippen LogP) is 4.54. The average molecular weight is 627 g/mol. The monoisotopic (exact) mass is 626 g/mol. The van der Waals surface area contributed by atoms with Crippen LogP contribution in [-0.2, 0) is 28.5 Å². The van der Waals surface area contributed by atoms with Crippen molar-refractivity contribution >= 4 is 11.5 Å². The Morgan fingerprint density at radius 2 is 1.53 bits per heavy atom. The van der Waals surface area contributed by atoms with Crippen molar-refractivity contribution in [1.29, 1.82) is 0 Å². The number of para-hydroxylation sites is 1. The highest BCUT2D eigenvalue weighted by Crippen LogP contribution is 2.73. The Hall–Kier alpha value is -1.59. The molecule has 0 aromatic heterocycles. The highest BCUT2D eigenvalue weighted by molar-refractivity contribution is 5.93. The van der Waals surface area contributed by atoms with Crippen LogP contribution >= 0.6 is 0 Å². The summed E-state index contributed by atoms with van der Waals surface area (Å²) >= 11 is 0. The first-order chi connectivity index (χ1) is 20.9. The molecule has 0 amide bonds. The number of hydrogen-bond acceptors (Lipinski definition) is 9. The van der Waals surface area contributed by atoms with E-state index in [9.17, 15) is 5.11 Å². The number of fused-ring (bicyclic) bond motifs is 3. The molecule has 1 spiro atoms. The van der Waals surface area contributed by atoms with Gasteiger partial charge in [0.2, 0.25) is 0 Å². The molecule has 4 heterocycles. The summed E-state index contributed by atoms with van der Waals surface area (Å²) in [6.07, 6.45) is -0.249. The van der Waals surface area contributed by atoms with Crippen molar-refractivity contribution in [2.45, 2.75) is 134 Å². The largest absolute Gasteiger partial charge is 0.389 e. The first-order valence-corrected chi connectivity index (χ1v) is 17.1. The minimum atomic E-state index is -1.36. The Labute approximate surface area is 268 Å². The molecule has 4 saturated heterocycles. The number of Topliss-reactive ketones (excluding diaryl/α,β-unsaturated/α-hetero) is 1. The maximum Gasteiger partial charge on any atom is 0.171 e. The molecular formula is C36H54N2O7. The minimum Gasteiger partial charge on any atom is -0.389 e. The topological polar surface area (TPSA) is 89.9 Å². The SMILES string of the molecule is CC1(C)O[C@H]2C3C(C)(C)CC[C@@H]4OC(C)(C)O[C@@]5(C(=O)C[C@](C)(C(O)CN6CCN(c7ccccc7)CC6)O[C@]5(C)[C@H]2O1)[C@]34C. The zero-order chi connectivity index (χ0) is 32.4. The quantitative estimate of drug-likeness (QED) is 0.518. The van der Waals surface area contributed by atoms with Gasteiger partial charge in [0.05, 0.1) is 18.3 Å². The molecule has 7 rings (SSSR count). The van der Waals surface area contributed by atoms with Gasteiger partial charge in [-0.2, -0.15) is 0 Å². The van der Waals surface area contributed by atoms with Gasteiger partial charge in [-0.3, -0.25) is 9.69 Å². The van der Waals surface area contributed by atoms with Crippen molar-refractivity contribution in [3.05, 3.63) is 30.3 Å². The first kappa shape index (κ1) is 32.0. The highest BCUT2D eigenvalue weighted by atomic mass is 16.8. The summed E-state index contributed by atoms with van der Waals surface area (Å²) < 4.78 is 34.6. The van der Waals surface area contributed by atoms with Crippen LogP contribution in [0.2, 0.25) is 0 Å². The van der Waals surface area contributed by atoms with Gasteiger partial charge in [-0.1, -0.05) is 39.0 Å². The number of nitrogens with zero attached hydrogens (tertiary/aromatic N) is 2. The molecule has 2 unspecified atom stereocenters. The van der Waals surface area contributed by atoms with E-state index in [2.05, 4.69) is 54.8 Å². The van der Waals surface area contributed by atoms with Gasteiger partial charge in [-0.05, 0) is 71.9 Å². The van der Waals surface area contributed by atoms with Crippen LogP contribution < -0.4 is 4.90 Å². The van der Waals surface area contributed by atoms with Gasteiger partial charge in [0.25, 0.3) is 0 Å². The van der Waals surface area contributed by atoms with Crippen molar-refractivity contribution in [2.24, 2.45) is 16.7 Å². The van der Waals surface area contributed by atoms with E-state index in [1.165, 1.54) is 5.69 Å². The lowest BCUT2D eigenvalue weighted by atomic mass is 9.39. The van der Waals surface area contributed by atoms with Crippen LogP contribution in [0.15, 0.2) is 30.3 Å². The zero-order valence-electron chi connectivity index (χ0n) is 28.7. The summed E-state index contributed by atoms with van der Waals surface area (Å²) in [7, 11) is 0. The van der Waals surface area contributed by atoms with Crippen LogP contribution in [0.5, 0.6) is 0 Å². The van der Waals surface area contributed by atoms with Crippen LogP contribution in [0.25, 0.3) is 0 Å². The summed E-state index contributed by atoms with van der Waals surface area (Å²) in [4.78, 5) is 19.9. The molecule has 1 aromatic carbocycles. The molecule has 2 saturated carbocycles. The Kier molecular flexibility index (Phi) is 7.09. The molecule has 1 aromatic rings. The Morgan fingerprint density at radius 3 is 2.20 bits per heavy atom. The number of piperazine rings is 1. The molecule has 9 atom stereocenters. The normalized spacial score (nSPS) is 45.7. The fourth-order valence-electron chi connectivity index (χ4n) is 10.7. The molecule has 9 heteroatoms. The molecule has 0 radical (unpaired) electrons. The van der Waals surface area contributed by atoms with E-state index in [-0.39, 0.29) is 35.7 Å². The summed E-state index contributed by atoms with van der Waals surface area (Å²) in [6, 6.07) is 10.4. The number of carbonyl (C=O) groups excluding carboxylic acids is 1. The van der Waals surface area contributed by atoms with E-state index in [1.54, 1.807) is 0 Å². The second-order valence-corrected chi connectivity index (χ2v) is 16.9. The summed E-state index contributed by atoms with van der Waals surface area (Å²) in [5.41, 5.74) is -3.46. The number of ether oxygens (including phenoxy) is 5. The third-order valence-corrected chi connectivity index (χ3v) is 12.5. The molecule has 45 heavy (non-hydrogen) atoms. The summed E-state index contributed by atoms with van der Waals surface area (Å²) in [6.45, 7) is 22.1. The van der Waals surface area contributed by atoms with E-state index in [0.29, 0.717) is 6.54 Å². The number of rotatable bonds is 4. The molecular weight excluding hydrogens is 572 g/mol. The fourth-order valence-corrected chi connectivity index (χ4v) is 10.7. The lowest BCUT2D eigenvalue weighted by Gasteiger charge is -2.75. The molecule has 2 aliphatic carbocycles. The smallest absolute Gasteiger partial charge is 0.171 e. The van der Waals surface area contributed by atoms with Crippen molar-refractivity contribution < 1.29 is 33.6 Å². The van der Waals surface area contributed by atoms with Gasteiger partial charge in [0.1, 0.15) is 17.3 Å². The van der Waals surface area contributed by atoms with Crippen molar-refractivity contribution in [1.82, 2.24) is 4.90 Å². The number of hydrogen-bond donors (Lipinski definition) is 1. The maximum absolute atomic E-state index is 15.2. The van der Waals surface area contributed by atoms with E-state index < -0.39 is 46.0 Å². The van der Waals surface area contributed by atoms with Gasteiger partial charge >= 0.3 is 0 Å². The number of carbonyl (C=O) groups is 1. The molecule has 6 fully saturated rings. The molecule has 4 aliphatic heterocycles. The second-order valence-electron chi connectivity index (χ2n) is 16.9. The van der Waals surface area contributed by atoms with Gasteiger partial charge in [0, 0.05) is 56.2 Å². The van der Waals surface area contributed by atoms with Crippen molar-refractivity contribution in [3.63, 3.8) is 0 Å². The van der Waals surface area contributed by atoms with Crippen LogP contribution in [0.3, 0.4) is 0 Å². The third-order valence-electron chi connectivity index (χ3n) is 12.5. The van der Waals surface area contributed by atoms with E-state index >= 15 is 4.79 Å². The van der Waals surface area contributed by atoms with E-state index in [4.69, 9.17) is 23.7 Å². The highest BCUT2D eigenvalue weighted by Gasteiger charge is 2.86. The summed E-state index contributed by atoms with van der Waals surface area (Å²) in [5, 5.41) is 12.0. The maximum atomic E-state index is 15.2. The van der Waals surface area contributed by atoms with Crippen LogP contribution in [0.4, 0.5) is 5.69 Å². The zero-order valence-corrected chi connectivity index (χ0v) is 28.7. The Balaban J connectivity index is 1.23. The number of β-amino-alcohol motifs (C(OH)–C–C–N with tert-alkyl or cyclic N) is 1. The molecule has 1 N–H and O–H groups in total. The van der Waals surface area contributed by atoms with Crippen LogP contribution in [-0.4, -0.2) is 101 Å². The predicted molar refractivity (Wildman–Crippen MR) is 170 cm³/mol. The number of anilines is 1. The van der Waals surface area contributed by atoms with Gasteiger partial charge in [-0.15, -0.1) is 0 Å². The van der Waals surface area contributed by atoms with Gasteiger partial charge in [0.15, 0.2) is 23.0 Å². The van der Waals surface area contributed by atoms with E-state index in [1.807, 2.05) is 47.6 Å². The lowest BCUT2D eigenvalue weighted by Crippen LogP contribution is -2.90. The van der Waals surface area contributed by atoms with Crippen LogP contribution in [0.1, 0.15) is 81.6 Å². The minimum absolute atomic E-state index is 0.0370. The molecule has 9 nitrogen and oxygen atoms in total. The third kappa shape index (κ3) is 4.47. The molecule has 0 bridgehead atoms. The number of aliphatic hydroxyl groups excluding tert-OH is 1. The molecule has 250 valence electrons. The van der Waals surface area contributed by atoms with Crippen LogP contribution in [0, 0.1) is 16.7 Å².